The zero-order valence-electron chi connectivity index (χ0n) is 16.8. The summed E-state index contributed by atoms with van der Waals surface area (Å²) < 4.78 is 18.6. The number of hydrogen-bond acceptors (Lipinski definition) is 5. The van der Waals surface area contributed by atoms with Gasteiger partial charge >= 0.3 is 0 Å². The highest BCUT2D eigenvalue weighted by atomic mass is 19.1. The third-order valence-electron chi connectivity index (χ3n) is 5.24. The molecule has 8 heteroatoms. The predicted molar refractivity (Wildman–Crippen MR) is 105 cm³/mol. The van der Waals surface area contributed by atoms with E-state index in [0.717, 1.165) is 18.4 Å². The van der Waals surface area contributed by atoms with Crippen LogP contribution < -0.4 is 0 Å². The molecule has 1 atom stereocenters. The molecule has 1 N–H and O–H groups in total. The number of nitrogens with zero attached hydrogens (tertiary/aromatic N) is 4. The van der Waals surface area contributed by atoms with Crippen molar-refractivity contribution < 1.29 is 13.7 Å². The SMILES string of the molecule is Cc1[nH]c(-c2ccc(F)cc2)nc1C(=O)N1CCCC(c2nc(C(C)C)no2)C1. The molecular weight excluding hydrogens is 373 g/mol. The Morgan fingerprint density at radius 3 is 2.72 bits per heavy atom. The lowest BCUT2D eigenvalue weighted by atomic mass is 9.97. The van der Waals surface area contributed by atoms with Crippen molar-refractivity contribution in [2.75, 3.05) is 13.1 Å². The average Bonchev–Trinajstić information content (AvgIpc) is 3.35. The molecule has 1 unspecified atom stereocenters. The second-order valence-corrected chi connectivity index (χ2v) is 7.80. The summed E-state index contributed by atoms with van der Waals surface area (Å²) in [6.45, 7) is 7.05. The van der Waals surface area contributed by atoms with Crippen molar-refractivity contribution >= 4 is 5.91 Å². The molecule has 2 aromatic heterocycles. The molecule has 1 fully saturated rings. The Labute approximate surface area is 168 Å². The summed E-state index contributed by atoms with van der Waals surface area (Å²) in [5.74, 6) is 1.63. The fourth-order valence-electron chi connectivity index (χ4n) is 3.57. The second kappa shape index (κ2) is 7.77. The minimum atomic E-state index is -0.311. The van der Waals surface area contributed by atoms with Crippen LogP contribution in [0, 0.1) is 12.7 Å². The van der Waals surface area contributed by atoms with Crippen LogP contribution in [0.2, 0.25) is 0 Å². The zero-order chi connectivity index (χ0) is 20.5. The Hall–Kier alpha value is -3.03. The van der Waals surface area contributed by atoms with E-state index in [1.807, 2.05) is 20.8 Å². The molecule has 0 saturated carbocycles. The molecule has 1 aliphatic rings. The van der Waals surface area contributed by atoms with Crippen LogP contribution in [-0.4, -0.2) is 44.0 Å². The van der Waals surface area contributed by atoms with Crippen molar-refractivity contribution in [1.82, 2.24) is 25.0 Å². The van der Waals surface area contributed by atoms with E-state index in [2.05, 4.69) is 20.1 Å². The molecule has 4 rings (SSSR count). The Balaban J connectivity index is 1.52. The van der Waals surface area contributed by atoms with Crippen molar-refractivity contribution in [1.29, 1.82) is 0 Å². The standard InChI is InChI=1S/C21H24FN5O2/c1-12(2)18-25-20(29-26-18)15-5-4-10-27(11-15)21(28)17-13(3)23-19(24-17)14-6-8-16(22)9-7-14/h6-9,12,15H,4-5,10-11H2,1-3H3,(H,23,24). The largest absolute Gasteiger partial charge is 0.341 e. The van der Waals surface area contributed by atoms with Gasteiger partial charge in [0.05, 0.1) is 5.92 Å². The highest BCUT2D eigenvalue weighted by molar-refractivity contribution is 5.94. The summed E-state index contributed by atoms with van der Waals surface area (Å²) in [5.41, 5.74) is 1.81. The van der Waals surface area contributed by atoms with Crippen LogP contribution in [0.3, 0.4) is 0 Å². The van der Waals surface area contributed by atoms with Gasteiger partial charge in [0.1, 0.15) is 17.3 Å². The quantitative estimate of drug-likeness (QED) is 0.717. The highest BCUT2D eigenvalue weighted by Gasteiger charge is 2.31. The van der Waals surface area contributed by atoms with E-state index in [9.17, 15) is 9.18 Å². The second-order valence-electron chi connectivity index (χ2n) is 7.80. The number of imidazole rings is 1. The van der Waals surface area contributed by atoms with Gasteiger partial charge in [0.2, 0.25) is 5.89 Å². The summed E-state index contributed by atoms with van der Waals surface area (Å²) >= 11 is 0. The number of piperidine rings is 1. The number of hydrogen-bond donors (Lipinski definition) is 1. The third-order valence-corrected chi connectivity index (χ3v) is 5.24. The number of carbonyl (C=O) groups excluding carboxylic acids is 1. The van der Waals surface area contributed by atoms with Crippen LogP contribution in [0.15, 0.2) is 28.8 Å². The Bertz CT molecular complexity index is 1010. The number of rotatable bonds is 4. The highest BCUT2D eigenvalue weighted by Crippen LogP contribution is 2.28. The number of carbonyl (C=O) groups is 1. The molecule has 1 saturated heterocycles. The van der Waals surface area contributed by atoms with Gasteiger partial charge in [-0.05, 0) is 44.0 Å². The molecule has 0 bridgehead atoms. The smallest absolute Gasteiger partial charge is 0.274 e. The Morgan fingerprint density at radius 1 is 1.28 bits per heavy atom. The third kappa shape index (κ3) is 3.92. The van der Waals surface area contributed by atoms with Crippen molar-refractivity contribution in [2.24, 2.45) is 0 Å². The van der Waals surface area contributed by atoms with Crippen LogP contribution in [0.4, 0.5) is 4.39 Å². The summed E-state index contributed by atoms with van der Waals surface area (Å²) in [7, 11) is 0. The molecule has 3 heterocycles. The average molecular weight is 397 g/mol. The van der Waals surface area contributed by atoms with Gasteiger partial charge in [-0.2, -0.15) is 4.98 Å². The predicted octanol–water partition coefficient (Wildman–Crippen LogP) is 4.05. The van der Waals surface area contributed by atoms with Crippen LogP contribution in [0.5, 0.6) is 0 Å². The molecule has 0 spiro atoms. The first kappa shape index (κ1) is 19.3. The van der Waals surface area contributed by atoms with Crippen LogP contribution >= 0.6 is 0 Å². The first-order chi connectivity index (χ1) is 13.9. The number of H-pyrrole nitrogens is 1. The topological polar surface area (TPSA) is 87.9 Å². The minimum absolute atomic E-state index is 0.0310. The molecule has 1 aromatic carbocycles. The fraction of sp³-hybridized carbons (Fsp3) is 0.429. The normalized spacial score (nSPS) is 17.1. The van der Waals surface area contributed by atoms with E-state index in [1.165, 1.54) is 12.1 Å². The maximum Gasteiger partial charge on any atom is 0.274 e. The lowest BCUT2D eigenvalue weighted by molar-refractivity contribution is 0.0689. The van der Waals surface area contributed by atoms with E-state index in [-0.39, 0.29) is 23.6 Å². The molecule has 0 radical (unpaired) electrons. The number of benzene rings is 1. The fourth-order valence-corrected chi connectivity index (χ4v) is 3.57. The molecular formula is C21H24FN5O2. The number of amides is 1. The van der Waals surface area contributed by atoms with E-state index in [1.54, 1.807) is 17.0 Å². The van der Waals surface area contributed by atoms with E-state index in [0.29, 0.717) is 42.0 Å². The van der Waals surface area contributed by atoms with Gasteiger partial charge in [-0.15, -0.1) is 0 Å². The van der Waals surface area contributed by atoms with Crippen molar-refractivity contribution in [3.8, 4) is 11.4 Å². The van der Waals surface area contributed by atoms with Gasteiger partial charge in [-0.1, -0.05) is 19.0 Å². The lowest BCUT2D eigenvalue weighted by Crippen LogP contribution is -2.39. The molecule has 29 heavy (non-hydrogen) atoms. The zero-order valence-corrected chi connectivity index (χ0v) is 16.8. The van der Waals surface area contributed by atoms with Crippen LogP contribution in [-0.2, 0) is 0 Å². The van der Waals surface area contributed by atoms with Crippen molar-refractivity contribution in [3.63, 3.8) is 0 Å². The molecule has 3 aromatic rings. The summed E-state index contributed by atoms with van der Waals surface area (Å²) in [5, 5.41) is 4.04. The number of likely N-dealkylation sites (tertiary alicyclic amines) is 1. The number of aromatic nitrogens is 4. The monoisotopic (exact) mass is 397 g/mol. The molecule has 1 amide bonds. The van der Waals surface area contributed by atoms with Crippen LogP contribution in [0.25, 0.3) is 11.4 Å². The maximum absolute atomic E-state index is 13.2. The van der Waals surface area contributed by atoms with Crippen molar-refractivity contribution in [2.45, 2.75) is 45.4 Å². The summed E-state index contributed by atoms with van der Waals surface area (Å²) in [6.07, 6.45) is 1.77. The first-order valence-electron chi connectivity index (χ1n) is 9.87. The summed E-state index contributed by atoms with van der Waals surface area (Å²) in [6, 6.07) is 6.03. The van der Waals surface area contributed by atoms with Gasteiger partial charge in [0.15, 0.2) is 5.82 Å². The Kier molecular flexibility index (Phi) is 5.17. The first-order valence-corrected chi connectivity index (χ1v) is 9.87. The van der Waals surface area contributed by atoms with Gasteiger partial charge in [-0.25, -0.2) is 9.37 Å². The van der Waals surface area contributed by atoms with Crippen LogP contribution in [0.1, 0.15) is 66.4 Å². The molecule has 7 nitrogen and oxygen atoms in total. The van der Waals surface area contributed by atoms with E-state index >= 15 is 0 Å². The molecule has 0 aliphatic carbocycles. The van der Waals surface area contributed by atoms with E-state index < -0.39 is 0 Å². The number of aromatic amines is 1. The van der Waals surface area contributed by atoms with E-state index in [4.69, 9.17) is 4.52 Å². The minimum Gasteiger partial charge on any atom is -0.341 e. The van der Waals surface area contributed by atoms with Crippen molar-refractivity contribution in [3.05, 3.63) is 53.2 Å². The molecule has 1 aliphatic heterocycles. The number of aryl methyl sites for hydroxylation is 1. The summed E-state index contributed by atoms with van der Waals surface area (Å²) in [4.78, 5) is 27.0. The van der Waals surface area contributed by atoms with Gasteiger partial charge < -0.3 is 14.4 Å². The number of nitrogens with one attached hydrogen (secondary N) is 1. The van der Waals surface area contributed by atoms with Gasteiger partial charge in [0, 0.05) is 30.3 Å². The van der Waals surface area contributed by atoms with Gasteiger partial charge in [0.25, 0.3) is 5.91 Å². The molecule has 152 valence electrons. The Morgan fingerprint density at radius 2 is 2.03 bits per heavy atom. The number of halogens is 1. The lowest BCUT2D eigenvalue weighted by Gasteiger charge is -2.30. The van der Waals surface area contributed by atoms with Gasteiger partial charge in [-0.3, -0.25) is 4.79 Å². The maximum atomic E-state index is 13.2.